The molecule has 30 heteroatoms. The van der Waals surface area contributed by atoms with Gasteiger partial charge in [0.25, 0.3) is 0 Å². The largest absolute Gasteiger partial charge is 3.00 e. The maximum Gasteiger partial charge on any atom is 3.00 e. The van der Waals surface area contributed by atoms with Crippen LogP contribution >= 0.6 is 45.6 Å². The second kappa shape index (κ2) is 35.6. The molecule has 0 saturated carbocycles. The third-order valence-corrected chi connectivity index (χ3v) is 11.9. The maximum atomic E-state index is 10.5. The smallest absolute Gasteiger partial charge is 0.312 e. The molecule has 0 rings (SSSR count). The van der Waals surface area contributed by atoms with Crippen molar-refractivity contribution < 1.29 is 128 Å². The molecule has 0 fully saturated rings. The molecule has 0 aromatic rings. The summed E-state index contributed by atoms with van der Waals surface area (Å²) in [4.78, 5) is 0. The molecule has 0 spiro atoms. The Morgan fingerprint density at radius 2 is 0.375 bits per heavy atom. The van der Waals surface area contributed by atoms with Crippen molar-refractivity contribution in [3.63, 3.8) is 0 Å². The van der Waals surface area contributed by atoms with E-state index >= 15 is 0 Å². The zero-order chi connectivity index (χ0) is 40.0. The fourth-order valence-electron chi connectivity index (χ4n) is 0.447. The Balaban J connectivity index is -0.0000000647. The molecule has 48 heavy (non-hydrogen) atoms. The van der Waals surface area contributed by atoms with Gasteiger partial charge in [0.2, 0.25) is 0 Å². The summed E-state index contributed by atoms with van der Waals surface area (Å²) in [5.41, 5.74) is 0. The van der Waals surface area contributed by atoms with E-state index in [1.54, 1.807) is 0 Å². The summed E-state index contributed by atoms with van der Waals surface area (Å²) in [6.07, 6.45) is 0. The molecule has 0 saturated heterocycles. The third-order valence-electron chi connectivity index (χ3n) is 3.98. The number of halogens is 1. The van der Waals surface area contributed by atoms with Gasteiger partial charge in [0.05, 0.1) is 14.9 Å². The van der Waals surface area contributed by atoms with E-state index in [2.05, 4.69) is 54.3 Å². The first-order chi connectivity index (χ1) is 20.7. The van der Waals surface area contributed by atoms with Crippen LogP contribution in [0.2, 0.25) is 0 Å². The monoisotopic (exact) mass is 900 g/mol. The molecule has 0 aromatic carbocycles. The zero-order valence-electron chi connectivity index (χ0n) is 30.4. The summed E-state index contributed by atoms with van der Waals surface area (Å²) in [6.45, 7) is 8.46. The van der Waals surface area contributed by atoms with Crippen LogP contribution in [0.3, 0.4) is 0 Å². The average Bonchev–Trinajstić information content (AvgIpc) is 3.01. The first-order valence-electron chi connectivity index (χ1n) is 11.5. The van der Waals surface area contributed by atoms with E-state index in [0.29, 0.717) is 0 Å². The number of hydrogen-bond donors (Lipinski definition) is 1. The van der Waals surface area contributed by atoms with E-state index in [0.717, 1.165) is 0 Å². The molecule has 0 amide bonds. The van der Waals surface area contributed by atoms with Crippen molar-refractivity contribution >= 4 is 45.6 Å². The Morgan fingerprint density at radius 3 is 0.375 bits per heavy atom. The van der Waals surface area contributed by atoms with Crippen LogP contribution in [0, 0.1) is 10.2 Å². The molecule has 0 heterocycles. The van der Waals surface area contributed by atoms with Gasteiger partial charge in [0, 0.05) is 125 Å². The molecule has 0 bridgehead atoms. The van der Waals surface area contributed by atoms with Gasteiger partial charge in [-0.2, -0.15) is 14.0 Å². The van der Waals surface area contributed by atoms with Gasteiger partial charge in [-0.25, -0.2) is 0 Å². The van der Waals surface area contributed by atoms with E-state index in [9.17, 15) is 27.4 Å². The van der Waals surface area contributed by atoms with E-state index in [-0.39, 0.29) is 17.1 Å². The topological polar surface area (TPSA) is 303 Å². The van der Waals surface area contributed by atoms with Crippen molar-refractivity contribution in [3.05, 3.63) is 0 Å². The summed E-state index contributed by atoms with van der Waals surface area (Å²) >= 11 is 0. The first-order valence-corrected chi connectivity index (χ1v) is 24.7. The van der Waals surface area contributed by atoms with Crippen molar-refractivity contribution in [2.24, 2.45) is 0 Å². The normalized spacial score (nSPS) is 11.6. The SMILES string of the molecule is COP(C)(=O)OC.COP(C)(=O)OC.COP(C)(=O)OC.COP(C)(=O)OC.COP(C)(=O)OC.COP(C)(=O)OC.[Fe+3].[O-][Cl+3]([O-])([O-])O. The van der Waals surface area contributed by atoms with Crippen LogP contribution in [0.15, 0.2) is 0 Å². The summed E-state index contributed by atoms with van der Waals surface area (Å²) in [7, 11) is -4.40. The van der Waals surface area contributed by atoms with Crippen LogP contribution < -0.4 is 14.0 Å². The van der Waals surface area contributed by atoms with Crippen LogP contribution in [0.5, 0.6) is 0 Å². The third kappa shape index (κ3) is 73.1. The van der Waals surface area contributed by atoms with Gasteiger partial charge < -0.3 is 54.3 Å². The van der Waals surface area contributed by atoms with Crippen LogP contribution in [0.1, 0.15) is 0 Å². The van der Waals surface area contributed by atoms with Gasteiger partial charge in [-0.05, 0) is 0 Å². The molecule has 301 valence electrons. The van der Waals surface area contributed by atoms with Crippen molar-refractivity contribution in [1.82, 2.24) is 0 Å². The summed E-state index contributed by atoms with van der Waals surface area (Å²) < 4.78 is 149. The molecule has 0 aliphatic carbocycles. The Labute approximate surface area is 297 Å². The van der Waals surface area contributed by atoms with Gasteiger partial charge in [0.1, 0.15) is 0 Å². The average molecular weight is 901 g/mol. The number of hydrogen-bond acceptors (Lipinski definition) is 22. The molecular weight excluding hydrogens is 845 g/mol. The fraction of sp³-hybridized carbons (Fsp3) is 1.00. The van der Waals surface area contributed by atoms with Gasteiger partial charge in [-0.15, -0.1) is 0 Å². The molecular formula is C18H55ClFeO22P6+3. The standard InChI is InChI=1S/6C3H9O3P.ClHO4.Fe/c6*1-5-7(3,4)6-2;2-1(3,4)5;/h6*1-3H3;(H,2,3,4,5);/q;;;;;;;+3. The molecule has 0 aliphatic heterocycles. The fourth-order valence-corrected chi connectivity index (χ4v) is 1.34. The van der Waals surface area contributed by atoms with Gasteiger partial charge in [-0.1, -0.05) is 0 Å². The van der Waals surface area contributed by atoms with Crippen molar-refractivity contribution in [2.75, 3.05) is 125 Å². The molecule has 1 radical (unpaired) electrons. The summed E-state index contributed by atoms with van der Waals surface area (Å²) in [6, 6.07) is 0. The molecule has 0 atom stereocenters. The molecule has 0 aromatic heterocycles. The molecule has 0 aliphatic rings. The van der Waals surface area contributed by atoms with Crippen molar-refractivity contribution in [2.45, 2.75) is 0 Å². The molecule has 22 nitrogen and oxygen atoms in total. The minimum atomic E-state index is -4.69. The van der Waals surface area contributed by atoms with Gasteiger partial charge in [0.15, 0.2) is 0 Å². The minimum absolute atomic E-state index is 0. The van der Waals surface area contributed by atoms with Crippen LogP contribution in [-0.4, -0.2) is 130 Å². The van der Waals surface area contributed by atoms with Gasteiger partial charge >= 0.3 is 62.6 Å². The van der Waals surface area contributed by atoms with Crippen molar-refractivity contribution in [1.29, 1.82) is 0 Å². The second-order valence-corrected chi connectivity index (χ2v) is 21.6. The predicted molar refractivity (Wildman–Crippen MR) is 168 cm³/mol. The Kier molecular flexibility index (Phi) is 50.1. The van der Waals surface area contributed by atoms with E-state index in [1.807, 2.05) is 0 Å². The first kappa shape index (κ1) is 67.7. The van der Waals surface area contributed by atoms with E-state index in [1.165, 1.54) is 125 Å². The Morgan fingerprint density at radius 1 is 0.333 bits per heavy atom. The van der Waals surface area contributed by atoms with Gasteiger partial charge in [-0.3, -0.25) is 27.4 Å². The second-order valence-electron chi connectivity index (χ2n) is 7.21. The Hall–Kier alpha value is 1.55. The van der Waals surface area contributed by atoms with Crippen LogP contribution in [0.4, 0.5) is 0 Å². The van der Waals surface area contributed by atoms with Crippen LogP contribution in [-0.2, 0) is 98.7 Å². The molecule has 0 unspecified atom stereocenters. The van der Waals surface area contributed by atoms with Crippen molar-refractivity contribution in [3.8, 4) is 0 Å². The number of rotatable bonds is 12. The maximum absolute atomic E-state index is 10.5. The predicted octanol–water partition coefficient (Wildman–Crippen LogP) is 2.49. The van der Waals surface area contributed by atoms with E-state index < -0.39 is 55.8 Å². The molecule has 1 N–H and O–H groups in total. The van der Waals surface area contributed by atoms with E-state index in [4.69, 9.17) is 18.6 Å². The minimum Gasteiger partial charge on any atom is -0.312 e. The van der Waals surface area contributed by atoms with Crippen LogP contribution in [0.25, 0.3) is 0 Å². The summed E-state index contributed by atoms with van der Waals surface area (Å²) in [5.74, 6) is 0. The Bertz CT molecular complexity index is 774. The summed E-state index contributed by atoms with van der Waals surface area (Å²) in [5, 5.41) is 0. The zero-order valence-corrected chi connectivity index (χ0v) is 37.7. The quantitative estimate of drug-likeness (QED) is 0.217.